The first-order chi connectivity index (χ1) is 10.1. The Morgan fingerprint density at radius 3 is 2.67 bits per heavy atom. The van der Waals surface area contributed by atoms with E-state index in [2.05, 4.69) is 27.8 Å². The van der Waals surface area contributed by atoms with E-state index < -0.39 is 5.91 Å². The minimum atomic E-state index is -0.487. The number of amides is 2. The molecule has 3 N–H and O–H groups in total. The first-order valence-electron chi connectivity index (χ1n) is 7.09. The van der Waals surface area contributed by atoms with Crippen molar-refractivity contribution in [2.45, 2.75) is 37.1 Å². The van der Waals surface area contributed by atoms with Crippen molar-refractivity contribution in [2.24, 2.45) is 5.73 Å². The number of primary amides is 1. The lowest BCUT2D eigenvalue weighted by Gasteiger charge is -2.30. The van der Waals surface area contributed by atoms with Gasteiger partial charge in [-0.3, -0.25) is 9.59 Å². The highest BCUT2D eigenvalue weighted by Gasteiger charge is 2.18. The lowest BCUT2D eigenvalue weighted by atomic mass is 10.1. The highest BCUT2D eigenvalue weighted by molar-refractivity contribution is 7.80. The van der Waals surface area contributed by atoms with Gasteiger partial charge in [0.25, 0.3) is 0 Å². The van der Waals surface area contributed by atoms with Crippen molar-refractivity contribution in [3.05, 3.63) is 12.3 Å². The maximum atomic E-state index is 11.9. The summed E-state index contributed by atoms with van der Waals surface area (Å²) in [5.74, 6) is -0.742. The number of aromatic nitrogens is 1. The number of nitrogens with two attached hydrogens (primary N) is 1. The zero-order chi connectivity index (χ0) is 15.2. The van der Waals surface area contributed by atoms with Gasteiger partial charge >= 0.3 is 0 Å². The Morgan fingerprint density at radius 2 is 2.00 bits per heavy atom. The molecule has 1 aliphatic rings. The molecule has 2 heterocycles. The largest absolute Gasteiger partial charge is 0.370 e. The first kappa shape index (κ1) is 15.6. The Kier molecular flexibility index (Phi) is 5.44. The van der Waals surface area contributed by atoms with Gasteiger partial charge in [0.1, 0.15) is 5.03 Å². The summed E-state index contributed by atoms with van der Waals surface area (Å²) < 4.78 is 0. The highest BCUT2D eigenvalue weighted by Crippen LogP contribution is 2.32. The zero-order valence-electron chi connectivity index (χ0n) is 11.8. The summed E-state index contributed by atoms with van der Waals surface area (Å²) in [6, 6.07) is 1.88. The smallest absolute Gasteiger partial charge is 0.225 e. The van der Waals surface area contributed by atoms with Crippen LogP contribution in [0.15, 0.2) is 17.3 Å². The molecule has 1 aliphatic heterocycles. The van der Waals surface area contributed by atoms with Gasteiger partial charge in [-0.25, -0.2) is 4.98 Å². The van der Waals surface area contributed by atoms with E-state index in [0.717, 1.165) is 31.6 Å². The van der Waals surface area contributed by atoms with Gasteiger partial charge in [-0.2, -0.15) is 0 Å². The van der Waals surface area contributed by atoms with Crippen LogP contribution in [0.25, 0.3) is 0 Å². The third-order valence-corrected chi connectivity index (χ3v) is 3.81. The number of nitrogens with one attached hydrogen (secondary N) is 1. The number of nitrogens with zero attached hydrogens (tertiary/aromatic N) is 2. The van der Waals surface area contributed by atoms with Crippen molar-refractivity contribution < 1.29 is 9.59 Å². The minimum Gasteiger partial charge on any atom is -0.370 e. The second kappa shape index (κ2) is 7.31. The first-order valence-corrected chi connectivity index (χ1v) is 7.53. The summed E-state index contributed by atoms with van der Waals surface area (Å²) in [4.78, 5) is 29.0. The van der Waals surface area contributed by atoms with Gasteiger partial charge in [0.2, 0.25) is 11.8 Å². The van der Waals surface area contributed by atoms with Crippen LogP contribution >= 0.6 is 12.6 Å². The molecule has 0 radical (unpaired) electrons. The van der Waals surface area contributed by atoms with Crippen molar-refractivity contribution in [1.82, 2.24) is 4.98 Å². The number of carbonyl (C=O) groups is 2. The highest BCUT2D eigenvalue weighted by atomic mass is 32.1. The molecule has 0 saturated carbocycles. The van der Waals surface area contributed by atoms with E-state index in [-0.39, 0.29) is 18.7 Å². The van der Waals surface area contributed by atoms with Gasteiger partial charge < -0.3 is 16.0 Å². The second-order valence-corrected chi connectivity index (χ2v) is 5.51. The fourth-order valence-electron chi connectivity index (χ4n) is 2.40. The van der Waals surface area contributed by atoms with Crippen LogP contribution in [0.5, 0.6) is 0 Å². The Morgan fingerprint density at radius 1 is 1.29 bits per heavy atom. The van der Waals surface area contributed by atoms with Crippen LogP contribution in [0.2, 0.25) is 0 Å². The molecule has 7 heteroatoms. The molecule has 0 atom stereocenters. The molecule has 6 nitrogen and oxygen atoms in total. The molecule has 1 saturated heterocycles. The number of hydrogen-bond donors (Lipinski definition) is 3. The lowest BCUT2D eigenvalue weighted by Crippen LogP contribution is -2.30. The fraction of sp³-hybridized carbons (Fsp3) is 0.500. The zero-order valence-corrected chi connectivity index (χ0v) is 12.7. The molecule has 0 aromatic carbocycles. The lowest BCUT2D eigenvalue weighted by molar-refractivity contribution is -0.122. The van der Waals surface area contributed by atoms with Crippen LogP contribution in [-0.2, 0) is 9.59 Å². The van der Waals surface area contributed by atoms with Crippen molar-refractivity contribution in [2.75, 3.05) is 23.3 Å². The standard InChI is InChI=1S/C14H20N4O2S/c15-11(19)4-5-12(20)17-13-10(6-7-16-14(13)21)18-8-2-1-3-9-18/h6-7H,1-5,8-9H2,(H2,15,19)(H,16,21)(H,17,20). The van der Waals surface area contributed by atoms with Gasteiger partial charge in [-0.05, 0) is 25.3 Å². The Labute approximate surface area is 129 Å². The monoisotopic (exact) mass is 308 g/mol. The van der Waals surface area contributed by atoms with E-state index in [1.54, 1.807) is 6.20 Å². The molecule has 114 valence electrons. The van der Waals surface area contributed by atoms with Gasteiger partial charge in [-0.1, -0.05) is 0 Å². The maximum Gasteiger partial charge on any atom is 0.225 e. The number of piperidine rings is 1. The molecule has 1 aromatic rings. The van der Waals surface area contributed by atoms with Crippen molar-refractivity contribution >= 4 is 35.8 Å². The third kappa shape index (κ3) is 4.35. The third-order valence-electron chi connectivity index (χ3n) is 3.47. The van der Waals surface area contributed by atoms with Crippen LogP contribution in [0, 0.1) is 0 Å². The Hall–Kier alpha value is -1.76. The van der Waals surface area contributed by atoms with Crippen LogP contribution in [-0.4, -0.2) is 29.9 Å². The number of thiol groups is 1. The molecule has 21 heavy (non-hydrogen) atoms. The molecule has 1 aromatic heterocycles. The Balaban J connectivity index is 2.13. The molecule has 0 unspecified atom stereocenters. The summed E-state index contributed by atoms with van der Waals surface area (Å²) in [6.45, 7) is 1.92. The molecule has 2 rings (SSSR count). The van der Waals surface area contributed by atoms with E-state index in [9.17, 15) is 9.59 Å². The number of carbonyl (C=O) groups excluding carboxylic acids is 2. The summed E-state index contributed by atoms with van der Waals surface area (Å²) in [5, 5.41) is 3.28. The number of pyridine rings is 1. The predicted molar refractivity (Wildman–Crippen MR) is 84.6 cm³/mol. The van der Waals surface area contributed by atoms with Crippen molar-refractivity contribution in [1.29, 1.82) is 0 Å². The van der Waals surface area contributed by atoms with Crippen LogP contribution in [0.3, 0.4) is 0 Å². The van der Waals surface area contributed by atoms with Gasteiger partial charge in [0.15, 0.2) is 0 Å². The van der Waals surface area contributed by atoms with E-state index in [1.807, 2.05) is 6.07 Å². The SMILES string of the molecule is NC(=O)CCC(=O)Nc1c(N2CCCCC2)ccnc1S. The molecule has 0 aliphatic carbocycles. The van der Waals surface area contributed by atoms with Crippen LogP contribution in [0.1, 0.15) is 32.1 Å². The van der Waals surface area contributed by atoms with E-state index in [0.29, 0.717) is 10.7 Å². The van der Waals surface area contributed by atoms with Gasteiger partial charge in [-0.15, -0.1) is 12.6 Å². The normalized spacial score (nSPS) is 14.8. The van der Waals surface area contributed by atoms with Crippen molar-refractivity contribution in [3.8, 4) is 0 Å². The number of rotatable bonds is 5. The minimum absolute atomic E-state index is 0.0348. The average molecular weight is 308 g/mol. The summed E-state index contributed by atoms with van der Waals surface area (Å²) in [7, 11) is 0. The van der Waals surface area contributed by atoms with E-state index in [4.69, 9.17) is 5.73 Å². The topological polar surface area (TPSA) is 88.3 Å². The number of anilines is 2. The molecular formula is C14H20N4O2S. The van der Waals surface area contributed by atoms with E-state index >= 15 is 0 Å². The summed E-state index contributed by atoms with van der Waals surface area (Å²) in [5.41, 5.74) is 6.60. The van der Waals surface area contributed by atoms with Crippen molar-refractivity contribution in [3.63, 3.8) is 0 Å². The molecule has 0 bridgehead atoms. The average Bonchev–Trinajstić information content (AvgIpc) is 2.48. The number of hydrogen-bond acceptors (Lipinski definition) is 5. The molecule has 2 amide bonds. The molecule has 0 spiro atoms. The fourth-order valence-corrected chi connectivity index (χ4v) is 2.63. The van der Waals surface area contributed by atoms with E-state index in [1.165, 1.54) is 6.42 Å². The van der Waals surface area contributed by atoms with Gasteiger partial charge in [0, 0.05) is 32.1 Å². The van der Waals surface area contributed by atoms with Crippen LogP contribution in [0.4, 0.5) is 11.4 Å². The summed E-state index contributed by atoms with van der Waals surface area (Å²) in [6.07, 6.45) is 5.30. The Bertz CT molecular complexity index is 530. The maximum absolute atomic E-state index is 11.9. The van der Waals surface area contributed by atoms with Gasteiger partial charge in [0.05, 0.1) is 11.4 Å². The summed E-state index contributed by atoms with van der Waals surface area (Å²) >= 11 is 4.33. The predicted octanol–water partition coefficient (Wildman–Crippen LogP) is 1.56. The second-order valence-electron chi connectivity index (χ2n) is 5.09. The molecule has 1 fully saturated rings. The van der Waals surface area contributed by atoms with Crippen LogP contribution < -0.4 is 16.0 Å². The molecular weight excluding hydrogens is 288 g/mol. The quantitative estimate of drug-likeness (QED) is 0.720.